The van der Waals surface area contributed by atoms with Gasteiger partial charge in [0.1, 0.15) is 0 Å². The molecule has 4 rings (SSSR count). The summed E-state index contributed by atoms with van der Waals surface area (Å²) in [5, 5.41) is 19.7. The molecule has 0 radical (unpaired) electrons. The monoisotopic (exact) mass is 379 g/mol. The molecule has 2 aromatic carbocycles. The van der Waals surface area contributed by atoms with Crippen LogP contribution in [-0.2, 0) is 6.54 Å². The smallest absolute Gasteiger partial charge is 0.331 e. The van der Waals surface area contributed by atoms with E-state index in [1.54, 1.807) is 22.8 Å². The average Bonchev–Trinajstić information content (AvgIpc) is 3.30. The van der Waals surface area contributed by atoms with Crippen molar-refractivity contribution in [2.24, 2.45) is 10.2 Å². The summed E-state index contributed by atoms with van der Waals surface area (Å²) in [5.74, 6) is -0.598. The Bertz CT molecular complexity index is 1130. The Kier molecular flexibility index (Phi) is 4.48. The number of hydrogen-bond acceptors (Lipinski definition) is 4. The molecule has 27 heavy (non-hydrogen) atoms. The van der Waals surface area contributed by atoms with Crippen LogP contribution in [0.25, 0.3) is 10.9 Å². The maximum Gasteiger partial charge on any atom is 0.331 e. The van der Waals surface area contributed by atoms with Gasteiger partial charge in [-0.1, -0.05) is 41.9 Å². The van der Waals surface area contributed by atoms with Gasteiger partial charge in [-0.3, -0.25) is 4.79 Å². The molecule has 0 aliphatic carbocycles. The number of halogens is 1. The molecule has 1 N–H and O–H groups in total. The van der Waals surface area contributed by atoms with Crippen LogP contribution in [0.4, 0.5) is 5.69 Å². The van der Waals surface area contributed by atoms with Crippen LogP contribution >= 0.6 is 11.6 Å². The topological polar surface area (TPSA) is 80.1 Å². The van der Waals surface area contributed by atoms with Crippen molar-refractivity contribution in [2.45, 2.75) is 6.54 Å². The Morgan fingerprint density at radius 1 is 1.07 bits per heavy atom. The van der Waals surface area contributed by atoms with Crippen LogP contribution in [-0.4, -0.2) is 15.6 Å². The largest absolute Gasteiger partial charge is 0.493 e. The van der Waals surface area contributed by atoms with E-state index < -0.39 is 5.91 Å². The summed E-state index contributed by atoms with van der Waals surface area (Å²) < 4.78 is 6.73. The standard InChI is InChI=1S/C20H14ClN3O3/c21-14-9-7-13(8-10-14)12-24-16-5-2-1-4-15(16)18(20(24)26)22-23-19(25)17-6-3-11-27-17/h1-11,26H,12H2. The molecule has 0 atom stereocenters. The summed E-state index contributed by atoms with van der Waals surface area (Å²) in [6.45, 7) is 0.422. The Balaban J connectivity index is 1.74. The fraction of sp³-hybridized carbons (Fsp3) is 0.0500. The molecule has 134 valence electrons. The van der Waals surface area contributed by atoms with E-state index in [0.717, 1.165) is 11.1 Å². The van der Waals surface area contributed by atoms with Crippen LogP contribution in [0.3, 0.4) is 0 Å². The van der Waals surface area contributed by atoms with Crippen molar-refractivity contribution in [1.29, 1.82) is 0 Å². The third-order valence-corrected chi connectivity index (χ3v) is 4.40. The Morgan fingerprint density at radius 2 is 1.85 bits per heavy atom. The fourth-order valence-electron chi connectivity index (χ4n) is 2.85. The third-order valence-electron chi connectivity index (χ3n) is 4.14. The van der Waals surface area contributed by atoms with Crippen molar-refractivity contribution in [3.8, 4) is 5.88 Å². The highest BCUT2D eigenvalue weighted by Gasteiger charge is 2.17. The predicted octanol–water partition coefficient (Wildman–Crippen LogP) is 5.57. The number of azo groups is 1. The van der Waals surface area contributed by atoms with Gasteiger partial charge in [0.15, 0.2) is 11.4 Å². The molecule has 2 aromatic heterocycles. The molecule has 0 saturated carbocycles. The first-order valence-electron chi connectivity index (χ1n) is 8.17. The summed E-state index contributed by atoms with van der Waals surface area (Å²) in [4.78, 5) is 12.0. The number of para-hydroxylation sites is 1. The van der Waals surface area contributed by atoms with Crippen LogP contribution in [0.15, 0.2) is 81.6 Å². The number of carbonyl (C=O) groups is 1. The van der Waals surface area contributed by atoms with Gasteiger partial charge in [-0.25, -0.2) is 0 Å². The first kappa shape index (κ1) is 17.1. The van der Waals surface area contributed by atoms with Crippen molar-refractivity contribution in [3.05, 3.63) is 83.3 Å². The second-order valence-corrected chi connectivity index (χ2v) is 6.32. The van der Waals surface area contributed by atoms with Gasteiger partial charge in [-0.15, -0.1) is 10.2 Å². The zero-order chi connectivity index (χ0) is 18.8. The summed E-state index contributed by atoms with van der Waals surface area (Å²) in [6, 6.07) is 17.9. The molecule has 7 heteroatoms. The van der Waals surface area contributed by atoms with Gasteiger partial charge in [-0.2, -0.15) is 0 Å². The van der Waals surface area contributed by atoms with Crippen molar-refractivity contribution in [2.75, 3.05) is 0 Å². The maximum absolute atomic E-state index is 12.0. The number of benzene rings is 2. The zero-order valence-electron chi connectivity index (χ0n) is 14.0. The van der Waals surface area contributed by atoms with Gasteiger partial charge in [0, 0.05) is 10.4 Å². The van der Waals surface area contributed by atoms with Crippen LogP contribution in [0.1, 0.15) is 16.1 Å². The molecule has 4 aromatic rings. The van der Waals surface area contributed by atoms with Crippen LogP contribution in [0.2, 0.25) is 5.02 Å². The van der Waals surface area contributed by atoms with Gasteiger partial charge in [-0.05, 0) is 35.9 Å². The number of rotatable bonds is 4. The molecule has 2 heterocycles. The highest BCUT2D eigenvalue weighted by Crippen LogP contribution is 2.39. The molecule has 0 spiro atoms. The predicted molar refractivity (Wildman–Crippen MR) is 102 cm³/mol. The molecule has 0 fully saturated rings. The minimum atomic E-state index is -0.617. The molecule has 0 saturated heterocycles. The summed E-state index contributed by atoms with van der Waals surface area (Å²) in [7, 11) is 0. The molecular weight excluding hydrogens is 366 g/mol. The Labute approximate surface area is 159 Å². The highest BCUT2D eigenvalue weighted by atomic mass is 35.5. The zero-order valence-corrected chi connectivity index (χ0v) is 14.8. The lowest BCUT2D eigenvalue weighted by Gasteiger charge is -2.07. The van der Waals surface area contributed by atoms with E-state index in [-0.39, 0.29) is 17.3 Å². The minimum absolute atomic E-state index is 0.0675. The van der Waals surface area contributed by atoms with E-state index in [1.165, 1.54) is 12.3 Å². The van der Waals surface area contributed by atoms with E-state index in [1.807, 2.05) is 36.4 Å². The number of fused-ring (bicyclic) bond motifs is 1. The van der Waals surface area contributed by atoms with Gasteiger partial charge in [0.25, 0.3) is 0 Å². The summed E-state index contributed by atoms with van der Waals surface area (Å²) in [5.41, 5.74) is 1.98. The molecule has 0 bridgehead atoms. The number of amides is 1. The first-order valence-corrected chi connectivity index (χ1v) is 8.55. The molecule has 6 nitrogen and oxygen atoms in total. The fourth-order valence-corrected chi connectivity index (χ4v) is 2.97. The van der Waals surface area contributed by atoms with Crippen LogP contribution in [0.5, 0.6) is 5.88 Å². The van der Waals surface area contributed by atoms with Gasteiger partial charge in [0.05, 0.1) is 18.3 Å². The van der Waals surface area contributed by atoms with Crippen LogP contribution in [0, 0.1) is 0 Å². The molecule has 1 amide bonds. The lowest BCUT2D eigenvalue weighted by Crippen LogP contribution is -1.98. The van der Waals surface area contributed by atoms with Gasteiger partial charge in [0.2, 0.25) is 5.88 Å². The SMILES string of the molecule is O=C(N=Nc1c(O)n(Cc2ccc(Cl)cc2)c2ccccc12)c1ccco1. The number of aromatic nitrogens is 1. The van der Waals surface area contributed by atoms with Crippen molar-refractivity contribution in [1.82, 2.24) is 4.57 Å². The normalized spacial score (nSPS) is 11.4. The minimum Gasteiger partial charge on any atom is -0.493 e. The number of furan rings is 1. The molecule has 0 unspecified atom stereocenters. The molecule has 0 aliphatic heterocycles. The first-order chi connectivity index (χ1) is 13.1. The maximum atomic E-state index is 12.0. The van der Waals surface area contributed by atoms with Crippen molar-refractivity contribution < 1.29 is 14.3 Å². The average molecular weight is 380 g/mol. The Hall–Kier alpha value is -3.38. The molecule has 0 aliphatic rings. The van der Waals surface area contributed by atoms with Crippen molar-refractivity contribution >= 4 is 34.1 Å². The van der Waals surface area contributed by atoms with E-state index in [9.17, 15) is 9.90 Å². The third kappa shape index (κ3) is 3.35. The van der Waals surface area contributed by atoms with Gasteiger partial charge < -0.3 is 14.1 Å². The van der Waals surface area contributed by atoms with Gasteiger partial charge >= 0.3 is 5.91 Å². The lowest BCUT2D eigenvalue weighted by molar-refractivity contribution is 0.0968. The summed E-state index contributed by atoms with van der Waals surface area (Å²) in [6.07, 6.45) is 1.39. The second-order valence-electron chi connectivity index (χ2n) is 5.88. The highest BCUT2D eigenvalue weighted by molar-refractivity contribution is 6.30. The number of aromatic hydroxyl groups is 1. The molecular formula is C20H14ClN3O3. The number of carbonyl (C=O) groups excluding carboxylic acids is 1. The van der Waals surface area contributed by atoms with E-state index in [4.69, 9.17) is 16.0 Å². The van der Waals surface area contributed by atoms with E-state index in [0.29, 0.717) is 17.0 Å². The van der Waals surface area contributed by atoms with Crippen molar-refractivity contribution in [3.63, 3.8) is 0 Å². The quantitative estimate of drug-likeness (QED) is 0.471. The van der Waals surface area contributed by atoms with Crippen LogP contribution < -0.4 is 0 Å². The number of nitrogens with zero attached hydrogens (tertiary/aromatic N) is 3. The van der Waals surface area contributed by atoms with E-state index in [2.05, 4.69) is 10.2 Å². The summed E-state index contributed by atoms with van der Waals surface area (Å²) >= 11 is 5.94. The Morgan fingerprint density at radius 3 is 2.59 bits per heavy atom. The van der Waals surface area contributed by atoms with E-state index >= 15 is 0 Å². The second kappa shape index (κ2) is 7.09. The number of hydrogen-bond donors (Lipinski definition) is 1. The lowest BCUT2D eigenvalue weighted by atomic mass is 10.2.